The fraction of sp³-hybridized carbons (Fsp3) is 0.214. The van der Waals surface area contributed by atoms with Gasteiger partial charge in [-0.25, -0.2) is 4.98 Å². The molecule has 7 heteroatoms. The number of benzene rings is 3. The average molecular weight is 532 g/mol. The van der Waals surface area contributed by atoms with Crippen LogP contribution in [0.25, 0.3) is 22.2 Å². The minimum Gasteiger partial charge on any atom is -0.497 e. The van der Waals surface area contributed by atoms with Crippen LogP contribution in [0.4, 0.5) is 5.69 Å². The number of amides is 1. The summed E-state index contributed by atoms with van der Waals surface area (Å²) in [6, 6.07) is 23.5. The summed E-state index contributed by atoms with van der Waals surface area (Å²) >= 11 is 3.55. The van der Waals surface area contributed by atoms with E-state index < -0.39 is 0 Å². The lowest BCUT2D eigenvalue weighted by molar-refractivity contribution is 0.0748. The maximum atomic E-state index is 13.8. The Morgan fingerprint density at radius 1 is 0.886 bits per heavy atom. The van der Waals surface area contributed by atoms with Gasteiger partial charge in [0.2, 0.25) is 0 Å². The molecule has 0 atom stereocenters. The van der Waals surface area contributed by atoms with Gasteiger partial charge in [0, 0.05) is 41.6 Å². The number of halogens is 1. The summed E-state index contributed by atoms with van der Waals surface area (Å²) in [6.45, 7) is 2.74. The van der Waals surface area contributed by atoms with Gasteiger partial charge < -0.3 is 19.3 Å². The molecular weight excluding hydrogens is 506 g/mol. The minimum atomic E-state index is 0.0185. The molecule has 0 spiro atoms. The van der Waals surface area contributed by atoms with Crippen molar-refractivity contribution in [3.8, 4) is 22.8 Å². The van der Waals surface area contributed by atoms with E-state index in [1.807, 2.05) is 71.6 Å². The van der Waals surface area contributed by atoms with Crippen LogP contribution in [0.1, 0.15) is 10.4 Å². The fourth-order valence-corrected chi connectivity index (χ4v) is 4.86. The number of hydrogen-bond acceptors (Lipinski definition) is 5. The van der Waals surface area contributed by atoms with Crippen molar-refractivity contribution in [2.75, 3.05) is 45.3 Å². The summed E-state index contributed by atoms with van der Waals surface area (Å²) < 4.78 is 11.7. The van der Waals surface area contributed by atoms with E-state index in [1.54, 1.807) is 14.2 Å². The molecule has 6 nitrogen and oxygen atoms in total. The molecule has 0 aliphatic carbocycles. The Morgan fingerprint density at radius 3 is 2.34 bits per heavy atom. The molecule has 5 rings (SSSR count). The van der Waals surface area contributed by atoms with Gasteiger partial charge in [-0.2, -0.15) is 0 Å². The Balaban J connectivity index is 1.45. The molecule has 2 heterocycles. The van der Waals surface area contributed by atoms with Gasteiger partial charge >= 0.3 is 0 Å². The molecule has 1 amide bonds. The summed E-state index contributed by atoms with van der Waals surface area (Å²) in [4.78, 5) is 22.8. The third kappa shape index (κ3) is 4.68. The summed E-state index contributed by atoms with van der Waals surface area (Å²) in [5.41, 5.74) is 4.21. The Bertz CT molecular complexity index is 1370. The molecule has 1 saturated heterocycles. The molecule has 0 N–H and O–H groups in total. The first-order valence-electron chi connectivity index (χ1n) is 11.5. The van der Waals surface area contributed by atoms with Crippen molar-refractivity contribution in [1.29, 1.82) is 0 Å². The maximum absolute atomic E-state index is 13.8. The smallest absolute Gasteiger partial charge is 0.254 e. The lowest BCUT2D eigenvalue weighted by atomic mass is 10.0. The highest BCUT2D eigenvalue weighted by atomic mass is 79.9. The van der Waals surface area contributed by atoms with Crippen LogP contribution in [0.5, 0.6) is 11.5 Å². The summed E-state index contributed by atoms with van der Waals surface area (Å²) in [5.74, 6) is 1.65. The molecule has 1 aliphatic heterocycles. The maximum Gasteiger partial charge on any atom is 0.254 e. The van der Waals surface area contributed by atoms with Crippen molar-refractivity contribution < 1.29 is 14.3 Å². The summed E-state index contributed by atoms with van der Waals surface area (Å²) in [5, 5.41) is 0.841. The molecule has 0 unspecified atom stereocenters. The topological polar surface area (TPSA) is 54.9 Å². The molecule has 4 aromatic rings. The van der Waals surface area contributed by atoms with E-state index in [4.69, 9.17) is 14.5 Å². The van der Waals surface area contributed by atoms with Crippen molar-refractivity contribution >= 4 is 38.4 Å². The second-order valence-corrected chi connectivity index (χ2v) is 9.31. The van der Waals surface area contributed by atoms with Crippen LogP contribution in [0, 0.1) is 0 Å². The van der Waals surface area contributed by atoms with Crippen LogP contribution >= 0.6 is 15.9 Å². The van der Waals surface area contributed by atoms with Crippen LogP contribution in [0.15, 0.2) is 77.3 Å². The van der Waals surface area contributed by atoms with Gasteiger partial charge in [-0.1, -0.05) is 28.1 Å². The Hall–Kier alpha value is -3.58. The molecule has 0 radical (unpaired) electrons. The molecule has 35 heavy (non-hydrogen) atoms. The number of aromatic nitrogens is 1. The number of carbonyl (C=O) groups is 1. The van der Waals surface area contributed by atoms with Crippen LogP contribution in [0.2, 0.25) is 0 Å². The molecular formula is C28H26BrN3O3. The highest BCUT2D eigenvalue weighted by Crippen LogP contribution is 2.31. The molecule has 0 saturated carbocycles. The van der Waals surface area contributed by atoms with E-state index in [0.717, 1.165) is 56.9 Å². The SMILES string of the molecule is COc1ccc(-c2cc(C(=O)N3CCN(c4ccccc4OC)CC3)c3cc(Br)ccc3n2)cc1. The Morgan fingerprint density at radius 2 is 1.63 bits per heavy atom. The zero-order valence-corrected chi connectivity index (χ0v) is 21.3. The minimum absolute atomic E-state index is 0.0185. The van der Waals surface area contributed by atoms with E-state index >= 15 is 0 Å². The zero-order valence-electron chi connectivity index (χ0n) is 19.7. The largest absolute Gasteiger partial charge is 0.497 e. The summed E-state index contributed by atoms with van der Waals surface area (Å²) in [7, 11) is 3.33. The lowest BCUT2D eigenvalue weighted by Gasteiger charge is -2.36. The number of ether oxygens (including phenoxy) is 2. The highest BCUT2D eigenvalue weighted by Gasteiger charge is 2.25. The first kappa shape index (κ1) is 23.2. The van der Waals surface area contributed by atoms with E-state index in [0.29, 0.717) is 18.7 Å². The number of fused-ring (bicyclic) bond motifs is 1. The van der Waals surface area contributed by atoms with Crippen LogP contribution in [-0.2, 0) is 0 Å². The number of pyridine rings is 1. The first-order chi connectivity index (χ1) is 17.1. The zero-order chi connectivity index (χ0) is 24.4. The summed E-state index contributed by atoms with van der Waals surface area (Å²) in [6.07, 6.45) is 0. The standard InChI is InChI=1S/C28H26BrN3O3/c1-34-21-10-7-19(8-11-21)25-18-23(22-17-20(29)9-12-24(22)30-25)28(33)32-15-13-31(14-16-32)26-5-3-4-6-27(26)35-2/h3-12,17-18H,13-16H2,1-2H3. The van der Waals surface area contributed by atoms with Gasteiger partial charge in [0.15, 0.2) is 0 Å². The van der Waals surface area contributed by atoms with Crippen molar-refractivity contribution in [3.63, 3.8) is 0 Å². The molecule has 1 aromatic heterocycles. The van der Waals surface area contributed by atoms with Gasteiger partial charge in [-0.3, -0.25) is 4.79 Å². The number of anilines is 1. The highest BCUT2D eigenvalue weighted by molar-refractivity contribution is 9.10. The number of para-hydroxylation sites is 2. The normalized spacial score (nSPS) is 13.7. The van der Waals surface area contributed by atoms with Crippen LogP contribution < -0.4 is 14.4 Å². The van der Waals surface area contributed by atoms with Crippen LogP contribution in [0.3, 0.4) is 0 Å². The van der Waals surface area contributed by atoms with Crippen molar-refractivity contribution in [1.82, 2.24) is 9.88 Å². The van der Waals surface area contributed by atoms with E-state index in [9.17, 15) is 4.79 Å². The van der Waals surface area contributed by atoms with Gasteiger partial charge in [0.1, 0.15) is 11.5 Å². The number of carbonyl (C=O) groups excluding carboxylic acids is 1. The number of methoxy groups -OCH3 is 2. The van der Waals surface area contributed by atoms with Crippen molar-refractivity contribution in [3.05, 3.63) is 82.8 Å². The van der Waals surface area contributed by atoms with Crippen molar-refractivity contribution in [2.24, 2.45) is 0 Å². The van der Waals surface area contributed by atoms with E-state index in [-0.39, 0.29) is 5.91 Å². The van der Waals surface area contributed by atoms with Gasteiger partial charge in [-0.05, 0) is 60.7 Å². The predicted molar refractivity (Wildman–Crippen MR) is 143 cm³/mol. The number of piperazine rings is 1. The first-order valence-corrected chi connectivity index (χ1v) is 12.3. The number of rotatable bonds is 5. The molecule has 1 aliphatic rings. The number of nitrogens with zero attached hydrogens (tertiary/aromatic N) is 3. The fourth-order valence-electron chi connectivity index (χ4n) is 4.50. The van der Waals surface area contributed by atoms with Crippen molar-refractivity contribution in [2.45, 2.75) is 0 Å². The van der Waals surface area contributed by atoms with Gasteiger partial charge in [-0.15, -0.1) is 0 Å². The third-order valence-electron chi connectivity index (χ3n) is 6.38. The van der Waals surface area contributed by atoms with Gasteiger partial charge in [0.05, 0.1) is 36.7 Å². The van der Waals surface area contributed by atoms with E-state index in [2.05, 4.69) is 26.9 Å². The average Bonchev–Trinajstić information content (AvgIpc) is 2.92. The van der Waals surface area contributed by atoms with E-state index in [1.165, 1.54) is 0 Å². The predicted octanol–water partition coefficient (Wildman–Crippen LogP) is 5.64. The monoisotopic (exact) mass is 531 g/mol. The molecule has 1 fully saturated rings. The van der Waals surface area contributed by atoms with Crippen LogP contribution in [-0.4, -0.2) is 56.2 Å². The number of hydrogen-bond donors (Lipinski definition) is 0. The second-order valence-electron chi connectivity index (χ2n) is 8.40. The Kier molecular flexibility index (Phi) is 6.59. The molecule has 3 aromatic carbocycles. The van der Waals surface area contributed by atoms with Gasteiger partial charge in [0.25, 0.3) is 5.91 Å². The molecule has 178 valence electrons. The second kappa shape index (κ2) is 9.96. The lowest BCUT2D eigenvalue weighted by Crippen LogP contribution is -2.49. The third-order valence-corrected chi connectivity index (χ3v) is 6.87. The Labute approximate surface area is 213 Å². The molecule has 0 bridgehead atoms. The quantitative estimate of drug-likeness (QED) is 0.333.